The van der Waals surface area contributed by atoms with Crippen molar-refractivity contribution in [3.05, 3.63) is 29.3 Å². The van der Waals surface area contributed by atoms with Gasteiger partial charge in [-0.05, 0) is 31.0 Å². The van der Waals surface area contributed by atoms with Crippen LogP contribution < -0.4 is 0 Å². The summed E-state index contributed by atoms with van der Waals surface area (Å²) in [5.41, 5.74) is -0.182. The van der Waals surface area contributed by atoms with Gasteiger partial charge in [-0.3, -0.25) is 4.79 Å². The first-order chi connectivity index (χ1) is 14.3. The molecule has 2 heterocycles. The van der Waals surface area contributed by atoms with E-state index in [1.807, 2.05) is 0 Å². The second-order valence-corrected chi connectivity index (χ2v) is 8.83. The highest BCUT2D eigenvalue weighted by Crippen LogP contribution is 2.25. The van der Waals surface area contributed by atoms with Gasteiger partial charge in [0.15, 0.2) is 0 Å². The third-order valence-corrected chi connectivity index (χ3v) is 7.12. The molecule has 1 aromatic carbocycles. The highest BCUT2D eigenvalue weighted by molar-refractivity contribution is 7.89. The van der Waals surface area contributed by atoms with Crippen molar-refractivity contribution in [3.63, 3.8) is 0 Å². The largest absolute Gasteiger partial charge is 0.465 e. The van der Waals surface area contributed by atoms with Crippen molar-refractivity contribution in [1.82, 2.24) is 9.21 Å². The minimum absolute atomic E-state index is 0.00377. The number of carbonyl (C=O) groups is 3. The Labute approximate surface area is 174 Å². The summed E-state index contributed by atoms with van der Waals surface area (Å²) in [4.78, 5) is 37.7. The highest BCUT2D eigenvalue weighted by atomic mass is 32.2. The molecule has 0 spiro atoms. The number of ether oxygens (including phenoxy) is 3. The lowest BCUT2D eigenvalue weighted by Gasteiger charge is -2.35. The molecule has 0 saturated carbocycles. The normalized spacial score (nSPS) is 20.1. The Morgan fingerprint density at radius 2 is 1.70 bits per heavy atom. The molecule has 0 radical (unpaired) electrons. The zero-order chi connectivity index (χ0) is 21.9. The first kappa shape index (κ1) is 22.2. The summed E-state index contributed by atoms with van der Waals surface area (Å²) in [5, 5.41) is 0. The van der Waals surface area contributed by atoms with Crippen molar-refractivity contribution in [2.24, 2.45) is 0 Å². The van der Waals surface area contributed by atoms with Gasteiger partial charge in [0.1, 0.15) is 6.10 Å². The monoisotopic (exact) mass is 440 g/mol. The van der Waals surface area contributed by atoms with Crippen molar-refractivity contribution in [3.8, 4) is 0 Å². The van der Waals surface area contributed by atoms with Gasteiger partial charge in [0, 0.05) is 32.8 Å². The molecule has 2 fully saturated rings. The predicted octanol–water partition coefficient (Wildman–Crippen LogP) is 0.272. The number of piperazine rings is 1. The Bertz CT molecular complexity index is 932. The van der Waals surface area contributed by atoms with Gasteiger partial charge in [-0.25, -0.2) is 18.0 Å². The third-order valence-electron chi connectivity index (χ3n) is 5.18. The topological polar surface area (TPSA) is 120 Å². The van der Waals surface area contributed by atoms with Gasteiger partial charge < -0.3 is 19.1 Å². The molecule has 0 N–H and O–H groups in total. The Morgan fingerprint density at radius 3 is 2.27 bits per heavy atom. The lowest BCUT2D eigenvalue weighted by molar-refractivity contribution is -0.142. The van der Waals surface area contributed by atoms with Gasteiger partial charge in [0.05, 0.1) is 30.2 Å². The van der Waals surface area contributed by atoms with Gasteiger partial charge in [0.25, 0.3) is 5.91 Å². The fourth-order valence-corrected chi connectivity index (χ4v) is 5.15. The zero-order valence-corrected chi connectivity index (χ0v) is 17.6. The molecule has 1 amide bonds. The van der Waals surface area contributed by atoms with E-state index < -0.39 is 28.1 Å². The Hall–Kier alpha value is -2.50. The minimum atomic E-state index is -4.12. The smallest absolute Gasteiger partial charge is 0.339 e. The maximum atomic E-state index is 13.3. The van der Waals surface area contributed by atoms with E-state index in [4.69, 9.17) is 4.74 Å². The summed E-state index contributed by atoms with van der Waals surface area (Å²) in [5.74, 6) is -1.69. The maximum absolute atomic E-state index is 13.3. The van der Waals surface area contributed by atoms with E-state index in [-0.39, 0.29) is 48.1 Å². The van der Waals surface area contributed by atoms with Crippen LogP contribution in [0.5, 0.6) is 0 Å². The standard InChI is InChI=1S/C19H24N2O8S/c1-27-18(23)13-5-6-14(19(24)28-2)16(12-13)30(25,26)21-9-7-20(8-10-21)17(22)15-4-3-11-29-15/h5-6,12,15H,3-4,7-11H2,1-2H3. The molecule has 11 heteroatoms. The van der Waals surface area contributed by atoms with Crippen molar-refractivity contribution >= 4 is 27.9 Å². The van der Waals surface area contributed by atoms with Gasteiger partial charge in [-0.1, -0.05) is 0 Å². The lowest BCUT2D eigenvalue weighted by atomic mass is 10.1. The number of sulfonamides is 1. The highest BCUT2D eigenvalue weighted by Gasteiger charge is 2.36. The minimum Gasteiger partial charge on any atom is -0.465 e. The molecule has 3 rings (SSSR count). The van der Waals surface area contributed by atoms with Crippen LogP contribution in [0.25, 0.3) is 0 Å². The Kier molecular flexibility index (Phi) is 6.74. The van der Waals surface area contributed by atoms with Gasteiger partial charge in [-0.2, -0.15) is 4.31 Å². The van der Waals surface area contributed by atoms with Crippen molar-refractivity contribution < 1.29 is 37.0 Å². The number of rotatable bonds is 5. The van der Waals surface area contributed by atoms with Crippen LogP contribution in [0, 0.1) is 0 Å². The fourth-order valence-electron chi connectivity index (χ4n) is 3.52. The van der Waals surface area contributed by atoms with Crippen molar-refractivity contribution in [2.45, 2.75) is 23.8 Å². The maximum Gasteiger partial charge on any atom is 0.339 e. The van der Waals surface area contributed by atoms with Crippen LogP contribution >= 0.6 is 0 Å². The summed E-state index contributed by atoms with van der Waals surface area (Å²) in [6.45, 7) is 1.09. The Balaban J connectivity index is 1.83. The van der Waals surface area contributed by atoms with Crippen molar-refractivity contribution in [1.29, 1.82) is 0 Å². The average Bonchev–Trinajstić information content (AvgIpc) is 3.32. The fraction of sp³-hybridized carbons (Fsp3) is 0.526. The molecule has 1 aromatic rings. The zero-order valence-electron chi connectivity index (χ0n) is 16.8. The summed E-state index contributed by atoms with van der Waals surface area (Å²) >= 11 is 0. The molecule has 2 saturated heterocycles. The van der Waals surface area contributed by atoms with E-state index in [0.29, 0.717) is 13.0 Å². The summed E-state index contributed by atoms with van der Waals surface area (Å²) in [6.07, 6.45) is 1.04. The van der Waals surface area contributed by atoms with Crippen LogP contribution in [0.2, 0.25) is 0 Å². The third kappa shape index (κ3) is 4.32. The van der Waals surface area contributed by atoms with Crippen LogP contribution in [-0.4, -0.2) is 88.6 Å². The number of nitrogens with zero attached hydrogens (tertiary/aromatic N) is 2. The van der Waals surface area contributed by atoms with Gasteiger partial charge >= 0.3 is 11.9 Å². The van der Waals surface area contributed by atoms with Crippen LogP contribution in [0.3, 0.4) is 0 Å². The number of esters is 2. The second kappa shape index (κ2) is 9.11. The molecule has 164 valence electrons. The second-order valence-electron chi connectivity index (χ2n) is 6.93. The summed E-state index contributed by atoms with van der Waals surface area (Å²) < 4.78 is 42.5. The van der Waals surface area contributed by atoms with E-state index in [1.165, 1.54) is 23.5 Å². The molecular formula is C19H24N2O8S. The van der Waals surface area contributed by atoms with Crippen molar-refractivity contribution in [2.75, 3.05) is 47.0 Å². The number of hydrogen-bond donors (Lipinski definition) is 0. The molecule has 0 aromatic heterocycles. The molecule has 10 nitrogen and oxygen atoms in total. The first-order valence-electron chi connectivity index (χ1n) is 9.51. The number of benzene rings is 1. The SMILES string of the molecule is COC(=O)c1ccc(C(=O)OC)c(S(=O)(=O)N2CCN(C(=O)C3CCCO3)CC2)c1. The van der Waals surface area contributed by atoms with E-state index in [2.05, 4.69) is 9.47 Å². The quantitative estimate of drug-likeness (QED) is 0.599. The van der Waals surface area contributed by atoms with E-state index in [0.717, 1.165) is 19.6 Å². The van der Waals surface area contributed by atoms with E-state index >= 15 is 0 Å². The Morgan fingerprint density at radius 1 is 1.03 bits per heavy atom. The predicted molar refractivity (Wildman–Crippen MR) is 103 cm³/mol. The number of hydrogen-bond acceptors (Lipinski definition) is 8. The van der Waals surface area contributed by atoms with Crippen LogP contribution in [0.4, 0.5) is 0 Å². The molecule has 1 unspecified atom stereocenters. The average molecular weight is 440 g/mol. The number of carbonyl (C=O) groups excluding carboxylic acids is 3. The molecule has 2 aliphatic rings. The molecule has 0 aliphatic carbocycles. The van der Waals surface area contributed by atoms with Gasteiger partial charge in [-0.15, -0.1) is 0 Å². The molecule has 2 aliphatic heterocycles. The van der Waals surface area contributed by atoms with Gasteiger partial charge in [0.2, 0.25) is 10.0 Å². The molecule has 30 heavy (non-hydrogen) atoms. The molecule has 0 bridgehead atoms. The summed E-state index contributed by atoms with van der Waals surface area (Å²) in [7, 11) is -1.81. The number of methoxy groups -OCH3 is 2. The van der Waals surface area contributed by atoms with Crippen LogP contribution in [0.15, 0.2) is 23.1 Å². The van der Waals surface area contributed by atoms with Crippen LogP contribution in [0.1, 0.15) is 33.6 Å². The van der Waals surface area contributed by atoms with Crippen LogP contribution in [-0.2, 0) is 29.0 Å². The molecule has 1 atom stereocenters. The number of amides is 1. The molecular weight excluding hydrogens is 416 g/mol. The lowest BCUT2D eigenvalue weighted by Crippen LogP contribution is -2.52. The summed E-state index contributed by atoms with van der Waals surface area (Å²) in [6, 6.07) is 3.63. The first-order valence-corrected chi connectivity index (χ1v) is 10.9. The van der Waals surface area contributed by atoms with E-state index in [1.54, 1.807) is 4.90 Å². The van der Waals surface area contributed by atoms with E-state index in [9.17, 15) is 22.8 Å².